The summed E-state index contributed by atoms with van der Waals surface area (Å²) in [6.07, 6.45) is 0.908. The summed E-state index contributed by atoms with van der Waals surface area (Å²) in [6.45, 7) is 11.2. The van der Waals surface area contributed by atoms with Gasteiger partial charge < -0.3 is 15.4 Å². The number of benzene rings is 3. The molecule has 0 aliphatic carbocycles. The highest BCUT2D eigenvalue weighted by Crippen LogP contribution is 2.26. The van der Waals surface area contributed by atoms with Gasteiger partial charge in [-0.2, -0.15) is 0 Å². The Morgan fingerprint density at radius 3 is 1.97 bits per heavy atom. The van der Waals surface area contributed by atoms with Crippen molar-refractivity contribution in [2.75, 3.05) is 17.2 Å². The van der Waals surface area contributed by atoms with Crippen molar-refractivity contribution >= 4 is 39.1 Å². The summed E-state index contributed by atoms with van der Waals surface area (Å²) < 4.78 is 6.66. The van der Waals surface area contributed by atoms with Crippen LogP contribution in [-0.4, -0.2) is 18.4 Å². The highest BCUT2D eigenvalue weighted by atomic mass is 79.9. The smallest absolute Gasteiger partial charge is 0.259 e. The Kier molecular flexibility index (Phi) is 8.73. The zero-order chi connectivity index (χ0) is 25.6. The number of nitrogens with one attached hydrogen (secondary N) is 2. The number of anilines is 2. The van der Waals surface area contributed by atoms with Crippen molar-refractivity contribution in [2.24, 2.45) is 5.92 Å². The molecule has 6 heteroatoms. The van der Waals surface area contributed by atoms with Crippen LogP contribution < -0.4 is 15.4 Å². The second-order valence-corrected chi connectivity index (χ2v) is 10.9. The summed E-state index contributed by atoms with van der Waals surface area (Å²) in [4.78, 5) is 25.6. The van der Waals surface area contributed by atoms with Gasteiger partial charge in [0.2, 0.25) is 0 Å². The highest BCUT2D eigenvalue weighted by molar-refractivity contribution is 9.10. The minimum atomic E-state index is -0.262. The van der Waals surface area contributed by atoms with Crippen molar-refractivity contribution in [2.45, 2.75) is 46.5 Å². The number of carbonyl (C=O) groups is 2. The van der Waals surface area contributed by atoms with Crippen LogP contribution in [-0.2, 0) is 5.41 Å². The number of hydrogen-bond acceptors (Lipinski definition) is 3. The first kappa shape index (κ1) is 26.5. The predicted molar refractivity (Wildman–Crippen MR) is 147 cm³/mol. The van der Waals surface area contributed by atoms with Crippen molar-refractivity contribution in [1.29, 1.82) is 0 Å². The third kappa shape index (κ3) is 7.69. The first-order valence-corrected chi connectivity index (χ1v) is 12.6. The number of halogens is 1. The lowest BCUT2D eigenvalue weighted by atomic mass is 9.87. The van der Waals surface area contributed by atoms with Gasteiger partial charge in [0.15, 0.2) is 0 Å². The molecule has 5 nitrogen and oxygen atoms in total. The summed E-state index contributed by atoms with van der Waals surface area (Å²) in [7, 11) is 0. The molecule has 2 amide bonds. The molecule has 0 unspecified atom stereocenters. The Hall–Kier alpha value is -3.12. The lowest BCUT2D eigenvalue weighted by Gasteiger charge is -2.19. The van der Waals surface area contributed by atoms with E-state index in [-0.39, 0.29) is 17.2 Å². The van der Waals surface area contributed by atoms with Crippen LogP contribution in [0.3, 0.4) is 0 Å². The Morgan fingerprint density at radius 1 is 0.857 bits per heavy atom. The molecule has 184 valence electrons. The van der Waals surface area contributed by atoms with E-state index >= 15 is 0 Å². The third-order valence-electron chi connectivity index (χ3n) is 5.55. The molecular formula is C29H33BrN2O3. The molecule has 3 aromatic rings. The molecule has 0 aromatic heterocycles. The number of hydrogen-bond donors (Lipinski definition) is 2. The average Bonchev–Trinajstić information content (AvgIpc) is 2.80. The van der Waals surface area contributed by atoms with Crippen LogP contribution in [0.4, 0.5) is 11.4 Å². The van der Waals surface area contributed by atoms with Crippen molar-refractivity contribution in [3.8, 4) is 5.75 Å². The molecular weight excluding hydrogens is 504 g/mol. The van der Waals surface area contributed by atoms with E-state index in [1.54, 1.807) is 36.4 Å². The molecule has 0 bridgehead atoms. The molecule has 0 aliphatic rings. The van der Waals surface area contributed by atoms with Crippen molar-refractivity contribution < 1.29 is 14.3 Å². The second kappa shape index (κ2) is 11.5. The zero-order valence-corrected chi connectivity index (χ0v) is 22.5. The SMILES string of the molecule is CC(C)CCOc1ccc(Br)cc1C(=O)Nc1ccc(NC(=O)c2ccc(C(C)(C)C)cc2)cc1. The molecule has 0 radical (unpaired) electrons. The maximum Gasteiger partial charge on any atom is 0.259 e. The van der Waals surface area contributed by atoms with E-state index in [0.717, 1.165) is 10.9 Å². The van der Waals surface area contributed by atoms with E-state index in [2.05, 4.69) is 61.2 Å². The van der Waals surface area contributed by atoms with Gasteiger partial charge >= 0.3 is 0 Å². The first-order valence-electron chi connectivity index (χ1n) is 11.8. The van der Waals surface area contributed by atoms with E-state index < -0.39 is 0 Å². The van der Waals surface area contributed by atoms with Crippen LogP contribution in [0, 0.1) is 5.92 Å². The number of ether oxygens (including phenoxy) is 1. The summed E-state index contributed by atoms with van der Waals surface area (Å²) in [5.74, 6) is 0.624. The fraction of sp³-hybridized carbons (Fsp3) is 0.310. The Bertz CT molecular complexity index is 1160. The molecule has 0 saturated heterocycles. The predicted octanol–water partition coefficient (Wildman–Crippen LogP) is 7.68. The van der Waals surface area contributed by atoms with E-state index in [9.17, 15) is 9.59 Å². The first-order chi connectivity index (χ1) is 16.5. The average molecular weight is 537 g/mol. The van der Waals surface area contributed by atoms with Crippen LogP contribution in [0.15, 0.2) is 71.2 Å². The van der Waals surface area contributed by atoms with Crippen molar-refractivity contribution in [1.82, 2.24) is 0 Å². The summed E-state index contributed by atoms with van der Waals surface area (Å²) in [5, 5.41) is 5.80. The van der Waals surface area contributed by atoms with Gasteiger partial charge in [0.25, 0.3) is 11.8 Å². The minimum Gasteiger partial charge on any atom is -0.493 e. The standard InChI is InChI=1S/C29H33BrN2O3/c1-19(2)16-17-35-26-15-10-22(30)18-25(26)28(34)32-24-13-11-23(12-14-24)31-27(33)20-6-8-21(9-7-20)29(3,4)5/h6-15,18-19H,16-17H2,1-5H3,(H,31,33)(H,32,34). The van der Waals surface area contributed by atoms with Gasteiger partial charge in [0, 0.05) is 21.4 Å². The van der Waals surface area contributed by atoms with Crippen LogP contribution >= 0.6 is 15.9 Å². The summed E-state index contributed by atoms with van der Waals surface area (Å²) in [6, 6.07) is 20.1. The molecule has 0 saturated carbocycles. The molecule has 0 heterocycles. The molecule has 0 spiro atoms. The van der Waals surface area contributed by atoms with Crippen LogP contribution in [0.1, 0.15) is 67.3 Å². The van der Waals surface area contributed by atoms with E-state index in [1.807, 2.05) is 30.3 Å². The number of amides is 2. The lowest BCUT2D eigenvalue weighted by molar-refractivity contribution is 0.101. The number of rotatable bonds is 8. The second-order valence-electron chi connectivity index (χ2n) is 9.98. The Morgan fingerprint density at radius 2 is 1.43 bits per heavy atom. The van der Waals surface area contributed by atoms with Crippen LogP contribution in [0.25, 0.3) is 0 Å². The topological polar surface area (TPSA) is 67.4 Å². The summed E-state index contributed by atoms with van der Waals surface area (Å²) >= 11 is 3.43. The molecule has 0 fully saturated rings. The molecule has 3 aromatic carbocycles. The number of carbonyl (C=O) groups excluding carboxylic acids is 2. The van der Waals surface area contributed by atoms with Gasteiger partial charge in [0.05, 0.1) is 12.2 Å². The van der Waals surface area contributed by atoms with Gasteiger partial charge in [-0.05, 0) is 77.9 Å². The van der Waals surface area contributed by atoms with Crippen LogP contribution in [0.5, 0.6) is 5.75 Å². The molecule has 3 rings (SSSR count). The van der Waals surface area contributed by atoms with Gasteiger partial charge in [-0.1, -0.05) is 62.7 Å². The fourth-order valence-electron chi connectivity index (χ4n) is 3.37. The largest absolute Gasteiger partial charge is 0.493 e. The van der Waals surface area contributed by atoms with Gasteiger partial charge in [-0.15, -0.1) is 0 Å². The van der Waals surface area contributed by atoms with Gasteiger partial charge in [-0.3, -0.25) is 9.59 Å². The van der Waals surface area contributed by atoms with Crippen LogP contribution in [0.2, 0.25) is 0 Å². The fourth-order valence-corrected chi connectivity index (χ4v) is 3.73. The Labute approximate surface area is 216 Å². The maximum atomic E-state index is 12.9. The highest BCUT2D eigenvalue weighted by Gasteiger charge is 2.16. The lowest BCUT2D eigenvalue weighted by Crippen LogP contribution is -2.15. The maximum absolute atomic E-state index is 12.9. The normalized spacial score (nSPS) is 11.3. The van der Waals surface area contributed by atoms with Gasteiger partial charge in [0.1, 0.15) is 5.75 Å². The molecule has 0 aliphatic heterocycles. The Balaban J connectivity index is 1.64. The minimum absolute atomic E-state index is 0.0338. The third-order valence-corrected chi connectivity index (χ3v) is 6.05. The molecule has 0 atom stereocenters. The quantitative estimate of drug-likeness (QED) is 0.310. The van der Waals surface area contributed by atoms with E-state index in [1.165, 1.54) is 5.56 Å². The molecule has 35 heavy (non-hydrogen) atoms. The van der Waals surface area contributed by atoms with E-state index in [4.69, 9.17) is 4.74 Å². The molecule has 2 N–H and O–H groups in total. The van der Waals surface area contributed by atoms with E-state index in [0.29, 0.717) is 40.8 Å². The van der Waals surface area contributed by atoms with Crippen molar-refractivity contribution in [3.63, 3.8) is 0 Å². The monoisotopic (exact) mass is 536 g/mol. The summed E-state index contributed by atoms with van der Waals surface area (Å²) in [5.41, 5.74) is 3.53. The van der Waals surface area contributed by atoms with Gasteiger partial charge in [-0.25, -0.2) is 0 Å². The van der Waals surface area contributed by atoms with Crippen molar-refractivity contribution in [3.05, 3.63) is 87.9 Å². The zero-order valence-electron chi connectivity index (χ0n) is 20.9.